The number of piperidine rings is 1. The van der Waals surface area contributed by atoms with Gasteiger partial charge in [-0.2, -0.15) is 0 Å². The van der Waals surface area contributed by atoms with E-state index >= 15 is 0 Å². The van der Waals surface area contributed by atoms with Gasteiger partial charge in [-0.15, -0.1) is 0 Å². The molecule has 1 aliphatic heterocycles. The quantitative estimate of drug-likeness (QED) is 0.786. The van der Waals surface area contributed by atoms with E-state index in [0.29, 0.717) is 0 Å². The molecule has 1 atom stereocenters. The molecule has 1 aromatic rings. The van der Waals surface area contributed by atoms with Crippen LogP contribution in [0.1, 0.15) is 44.4 Å². The summed E-state index contributed by atoms with van der Waals surface area (Å²) < 4.78 is 5.80. The molecule has 0 bridgehead atoms. The van der Waals surface area contributed by atoms with Crippen molar-refractivity contribution >= 4 is 0 Å². The zero-order valence-corrected chi connectivity index (χ0v) is 11.1. The van der Waals surface area contributed by atoms with Gasteiger partial charge in [0.2, 0.25) is 0 Å². The van der Waals surface area contributed by atoms with Crippen LogP contribution >= 0.6 is 0 Å². The summed E-state index contributed by atoms with van der Waals surface area (Å²) in [6, 6.07) is 0. The summed E-state index contributed by atoms with van der Waals surface area (Å²) in [5, 5.41) is 3.40. The first-order valence-corrected chi connectivity index (χ1v) is 6.94. The van der Waals surface area contributed by atoms with E-state index in [9.17, 15) is 0 Å². The zero-order chi connectivity index (χ0) is 12.6. The van der Waals surface area contributed by atoms with Crippen LogP contribution in [0.3, 0.4) is 0 Å². The second kappa shape index (κ2) is 7.44. The maximum absolute atomic E-state index is 5.80. The maximum atomic E-state index is 5.80. The highest BCUT2D eigenvalue weighted by atomic mass is 16.5. The minimum absolute atomic E-state index is 0.0479. The number of rotatable bonds is 6. The molecular weight excluding hydrogens is 226 g/mol. The second-order valence-corrected chi connectivity index (χ2v) is 4.98. The highest BCUT2D eigenvalue weighted by Crippen LogP contribution is 2.19. The maximum Gasteiger partial charge on any atom is 0.0982 e. The van der Waals surface area contributed by atoms with Crippen LogP contribution in [0.15, 0.2) is 18.6 Å². The van der Waals surface area contributed by atoms with E-state index in [-0.39, 0.29) is 6.10 Å². The largest absolute Gasteiger partial charge is 0.372 e. The molecule has 0 amide bonds. The number of nitrogens with zero attached hydrogens (tertiary/aromatic N) is 2. The third-order valence-electron chi connectivity index (χ3n) is 3.58. The summed E-state index contributed by atoms with van der Waals surface area (Å²) in [6.07, 6.45) is 10.3. The van der Waals surface area contributed by atoms with Crippen LogP contribution in [-0.2, 0) is 4.74 Å². The Morgan fingerprint density at radius 2 is 2.22 bits per heavy atom. The van der Waals surface area contributed by atoms with Crippen LogP contribution in [-0.4, -0.2) is 29.7 Å². The van der Waals surface area contributed by atoms with Gasteiger partial charge in [-0.25, -0.2) is 0 Å². The first-order valence-electron chi connectivity index (χ1n) is 6.94. The van der Waals surface area contributed by atoms with Gasteiger partial charge in [0.25, 0.3) is 0 Å². The van der Waals surface area contributed by atoms with Crippen molar-refractivity contribution in [2.45, 2.75) is 38.7 Å². The summed E-state index contributed by atoms with van der Waals surface area (Å²) in [4.78, 5) is 8.31. The number of aromatic nitrogens is 2. The summed E-state index contributed by atoms with van der Waals surface area (Å²) in [5.74, 6) is 0.890. The van der Waals surface area contributed by atoms with Gasteiger partial charge in [0, 0.05) is 19.0 Å². The van der Waals surface area contributed by atoms with Crippen LogP contribution in [0.2, 0.25) is 0 Å². The lowest BCUT2D eigenvalue weighted by Crippen LogP contribution is -2.27. The van der Waals surface area contributed by atoms with Gasteiger partial charge in [0.05, 0.1) is 18.0 Å². The van der Waals surface area contributed by atoms with E-state index in [1.54, 1.807) is 18.6 Å². The van der Waals surface area contributed by atoms with Gasteiger partial charge in [-0.05, 0) is 51.6 Å². The molecule has 1 aromatic heterocycles. The fourth-order valence-electron chi connectivity index (χ4n) is 2.41. The summed E-state index contributed by atoms with van der Waals surface area (Å²) in [7, 11) is 0. The van der Waals surface area contributed by atoms with E-state index in [0.717, 1.165) is 24.6 Å². The Balaban J connectivity index is 1.60. The topological polar surface area (TPSA) is 47.0 Å². The fourth-order valence-corrected chi connectivity index (χ4v) is 2.41. The molecule has 4 heteroatoms. The minimum Gasteiger partial charge on any atom is -0.372 e. The average Bonchev–Trinajstić information content (AvgIpc) is 2.45. The third-order valence-corrected chi connectivity index (χ3v) is 3.58. The molecule has 1 aliphatic rings. The van der Waals surface area contributed by atoms with Crippen molar-refractivity contribution in [3.8, 4) is 0 Å². The monoisotopic (exact) mass is 249 g/mol. The highest BCUT2D eigenvalue weighted by molar-refractivity contribution is 4.97. The fraction of sp³-hybridized carbons (Fsp3) is 0.714. The SMILES string of the molecule is C[C@@H](OCCCC1CCNCC1)c1cnccn1. The lowest BCUT2D eigenvalue weighted by atomic mass is 9.93. The van der Waals surface area contributed by atoms with Crippen LogP contribution in [0.25, 0.3) is 0 Å². The number of hydrogen-bond donors (Lipinski definition) is 1. The first kappa shape index (κ1) is 13.4. The van der Waals surface area contributed by atoms with E-state index in [2.05, 4.69) is 15.3 Å². The Kier molecular flexibility index (Phi) is 5.55. The normalized spacial score (nSPS) is 18.7. The Bertz CT molecular complexity index is 325. The van der Waals surface area contributed by atoms with Crippen molar-refractivity contribution in [1.82, 2.24) is 15.3 Å². The molecule has 4 nitrogen and oxygen atoms in total. The summed E-state index contributed by atoms with van der Waals surface area (Å²) in [6.45, 7) is 5.22. The van der Waals surface area contributed by atoms with Gasteiger partial charge >= 0.3 is 0 Å². The average molecular weight is 249 g/mol. The van der Waals surface area contributed by atoms with Gasteiger partial charge in [-0.3, -0.25) is 9.97 Å². The van der Waals surface area contributed by atoms with E-state index in [1.165, 1.54) is 32.4 Å². The van der Waals surface area contributed by atoms with Crippen LogP contribution in [0, 0.1) is 5.92 Å². The Morgan fingerprint density at radius 3 is 2.94 bits per heavy atom. The zero-order valence-electron chi connectivity index (χ0n) is 11.1. The Morgan fingerprint density at radius 1 is 1.39 bits per heavy atom. The Labute approximate surface area is 109 Å². The molecule has 2 rings (SSSR count). The number of ether oxygens (including phenoxy) is 1. The van der Waals surface area contributed by atoms with Crippen LogP contribution in [0.4, 0.5) is 0 Å². The molecular formula is C14H23N3O. The molecule has 1 saturated heterocycles. The predicted octanol–water partition coefficient (Wildman–Crippen LogP) is 2.33. The molecule has 0 aliphatic carbocycles. The summed E-state index contributed by atoms with van der Waals surface area (Å²) >= 11 is 0. The Hall–Kier alpha value is -1.00. The van der Waals surface area contributed by atoms with E-state index in [4.69, 9.17) is 4.74 Å². The molecule has 1 N–H and O–H groups in total. The second-order valence-electron chi connectivity index (χ2n) is 4.98. The van der Waals surface area contributed by atoms with Crippen LogP contribution < -0.4 is 5.32 Å². The molecule has 2 heterocycles. The van der Waals surface area contributed by atoms with Crippen molar-refractivity contribution in [2.24, 2.45) is 5.92 Å². The van der Waals surface area contributed by atoms with E-state index < -0.39 is 0 Å². The van der Waals surface area contributed by atoms with Crippen molar-refractivity contribution < 1.29 is 4.74 Å². The van der Waals surface area contributed by atoms with Gasteiger partial charge in [0.1, 0.15) is 0 Å². The molecule has 18 heavy (non-hydrogen) atoms. The smallest absolute Gasteiger partial charge is 0.0982 e. The standard InChI is InChI=1S/C14H23N3O/c1-12(14-11-16-8-9-17-14)18-10-2-3-13-4-6-15-7-5-13/h8-9,11-13,15H,2-7,10H2,1H3/t12-/m1/s1. The first-order chi connectivity index (χ1) is 8.86. The molecule has 1 fully saturated rings. The highest BCUT2D eigenvalue weighted by Gasteiger charge is 2.13. The van der Waals surface area contributed by atoms with Crippen molar-refractivity contribution in [2.75, 3.05) is 19.7 Å². The van der Waals surface area contributed by atoms with Gasteiger partial charge in [0.15, 0.2) is 0 Å². The molecule has 100 valence electrons. The molecule has 0 aromatic carbocycles. The molecule has 0 spiro atoms. The van der Waals surface area contributed by atoms with Gasteiger partial charge < -0.3 is 10.1 Å². The predicted molar refractivity (Wildman–Crippen MR) is 71.2 cm³/mol. The van der Waals surface area contributed by atoms with Crippen molar-refractivity contribution in [1.29, 1.82) is 0 Å². The molecule has 0 radical (unpaired) electrons. The summed E-state index contributed by atoms with van der Waals surface area (Å²) in [5.41, 5.74) is 0.916. The minimum atomic E-state index is 0.0479. The number of nitrogens with one attached hydrogen (secondary N) is 1. The lowest BCUT2D eigenvalue weighted by molar-refractivity contribution is 0.0570. The lowest BCUT2D eigenvalue weighted by Gasteiger charge is -2.22. The number of hydrogen-bond acceptors (Lipinski definition) is 4. The van der Waals surface area contributed by atoms with E-state index in [1.807, 2.05) is 6.92 Å². The molecule has 0 unspecified atom stereocenters. The van der Waals surface area contributed by atoms with Crippen molar-refractivity contribution in [3.05, 3.63) is 24.3 Å². The third kappa shape index (κ3) is 4.35. The molecule has 0 saturated carbocycles. The van der Waals surface area contributed by atoms with Crippen LogP contribution in [0.5, 0.6) is 0 Å². The van der Waals surface area contributed by atoms with Crippen molar-refractivity contribution in [3.63, 3.8) is 0 Å². The van der Waals surface area contributed by atoms with Gasteiger partial charge in [-0.1, -0.05) is 0 Å².